The van der Waals surface area contributed by atoms with Gasteiger partial charge in [-0.1, -0.05) is 59.6 Å². The van der Waals surface area contributed by atoms with Gasteiger partial charge >= 0.3 is 0 Å². The summed E-state index contributed by atoms with van der Waals surface area (Å²) in [6.07, 6.45) is 2.38. The van der Waals surface area contributed by atoms with Gasteiger partial charge in [0.1, 0.15) is 12.0 Å². The third-order valence-corrected chi connectivity index (χ3v) is 7.19. The highest BCUT2D eigenvalue weighted by atomic mass is 35.5. The number of halogens is 1. The highest BCUT2D eigenvalue weighted by molar-refractivity contribution is 7.90. The number of rotatable bonds is 6. The molecule has 0 saturated heterocycles. The number of fused-ring (bicyclic) bond motifs is 1. The van der Waals surface area contributed by atoms with Crippen molar-refractivity contribution in [1.82, 2.24) is 3.97 Å². The van der Waals surface area contributed by atoms with E-state index in [2.05, 4.69) is 0 Å². The van der Waals surface area contributed by atoms with E-state index < -0.39 is 10.0 Å². The lowest BCUT2D eigenvalue weighted by atomic mass is 9.98. The van der Waals surface area contributed by atoms with Crippen LogP contribution in [0.15, 0.2) is 71.8 Å². The van der Waals surface area contributed by atoms with Crippen molar-refractivity contribution in [3.05, 3.63) is 83.0 Å². The van der Waals surface area contributed by atoms with Crippen molar-refractivity contribution in [2.45, 2.75) is 18.2 Å². The Balaban J connectivity index is 2.13. The summed E-state index contributed by atoms with van der Waals surface area (Å²) in [4.78, 5) is 11.6. The van der Waals surface area contributed by atoms with E-state index in [9.17, 15) is 13.2 Å². The zero-order valence-electron chi connectivity index (χ0n) is 17.0. The van der Waals surface area contributed by atoms with Crippen LogP contribution in [0.2, 0.25) is 5.02 Å². The quantitative estimate of drug-likeness (QED) is 0.374. The summed E-state index contributed by atoms with van der Waals surface area (Å²) >= 11 is 6.44. The molecule has 4 aromatic rings. The van der Waals surface area contributed by atoms with Crippen LogP contribution in [-0.4, -0.2) is 25.8 Å². The fourth-order valence-electron chi connectivity index (χ4n) is 3.75. The summed E-state index contributed by atoms with van der Waals surface area (Å²) in [7, 11) is -2.43. The monoisotopic (exact) mass is 453 g/mol. The van der Waals surface area contributed by atoms with E-state index in [0.717, 1.165) is 17.4 Å². The van der Waals surface area contributed by atoms with Crippen LogP contribution in [-0.2, 0) is 21.2 Å². The lowest BCUT2D eigenvalue weighted by Crippen LogP contribution is -2.12. The van der Waals surface area contributed by atoms with Crippen molar-refractivity contribution in [1.29, 1.82) is 0 Å². The second-order valence-electron chi connectivity index (χ2n) is 7.16. The van der Waals surface area contributed by atoms with Gasteiger partial charge in [-0.15, -0.1) is 0 Å². The van der Waals surface area contributed by atoms with Crippen LogP contribution in [0, 0.1) is 6.92 Å². The molecule has 0 fully saturated rings. The molecule has 4 rings (SSSR count). The van der Waals surface area contributed by atoms with E-state index in [4.69, 9.17) is 16.3 Å². The van der Waals surface area contributed by atoms with Crippen molar-refractivity contribution in [3.8, 4) is 16.9 Å². The Morgan fingerprint density at radius 3 is 2.35 bits per heavy atom. The van der Waals surface area contributed by atoms with Gasteiger partial charge < -0.3 is 9.53 Å². The molecule has 0 saturated carbocycles. The lowest BCUT2D eigenvalue weighted by Gasteiger charge is -2.13. The number of aromatic nitrogens is 1. The molecule has 7 heteroatoms. The van der Waals surface area contributed by atoms with Crippen LogP contribution in [0.25, 0.3) is 22.0 Å². The van der Waals surface area contributed by atoms with Gasteiger partial charge in [0.25, 0.3) is 10.0 Å². The summed E-state index contributed by atoms with van der Waals surface area (Å²) in [5.74, 6) is 0.365. The molecule has 0 N–H and O–H groups in total. The molecule has 31 heavy (non-hydrogen) atoms. The molecule has 3 aromatic carbocycles. The molecule has 0 radical (unpaired) electrons. The first-order chi connectivity index (χ1) is 14.9. The van der Waals surface area contributed by atoms with Crippen LogP contribution >= 0.6 is 11.6 Å². The van der Waals surface area contributed by atoms with Gasteiger partial charge in [-0.25, -0.2) is 12.4 Å². The molecule has 0 amide bonds. The zero-order chi connectivity index (χ0) is 22.2. The Morgan fingerprint density at radius 2 is 1.74 bits per heavy atom. The molecule has 0 unspecified atom stereocenters. The molecule has 0 spiro atoms. The van der Waals surface area contributed by atoms with Gasteiger partial charge in [0, 0.05) is 29.1 Å². The Kier molecular flexibility index (Phi) is 5.60. The van der Waals surface area contributed by atoms with Crippen molar-refractivity contribution in [2.24, 2.45) is 0 Å². The van der Waals surface area contributed by atoms with E-state index in [1.807, 2.05) is 37.3 Å². The third-order valence-electron chi connectivity index (χ3n) is 5.22. The largest absolute Gasteiger partial charge is 0.495 e. The Bertz CT molecular complexity index is 1380. The number of aldehydes is 1. The minimum atomic E-state index is -3.91. The maximum absolute atomic E-state index is 13.6. The van der Waals surface area contributed by atoms with Crippen LogP contribution in [0.3, 0.4) is 0 Å². The lowest BCUT2D eigenvalue weighted by molar-refractivity contribution is -0.107. The SMILES string of the molecule is COc1c(Cl)cc2c(c(-c3ccccc3)cn2S(=O)(=O)c2ccc(C)cc2)c1CC=O. The average molecular weight is 454 g/mol. The number of hydrogen-bond donors (Lipinski definition) is 0. The molecule has 158 valence electrons. The first-order valence-electron chi connectivity index (χ1n) is 9.60. The van der Waals surface area contributed by atoms with E-state index in [0.29, 0.717) is 27.8 Å². The molecule has 1 aromatic heterocycles. The molecule has 5 nitrogen and oxygen atoms in total. The average Bonchev–Trinajstić information content (AvgIpc) is 3.15. The van der Waals surface area contributed by atoms with E-state index in [-0.39, 0.29) is 16.3 Å². The first kappa shape index (κ1) is 21.2. The maximum atomic E-state index is 13.6. The molecule has 1 heterocycles. The van der Waals surface area contributed by atoms with Crippen molar-refractivity contribution in [2.75, 3.05) is 7.11 Å². The number of methoxy groups -OCH3 is 1. The highest BCUT2D eigenvalue weighted by Gasteiger charge is 2.26. The summed E-state index contributed by atoms with van der Waals surface area (Å²) in [6, 6.07) is 17.7. The van der Waals surface area contributed by atoms with Crippen LogP contribution in [0.4, 0.5) is 0 Å². The highest BCUT2D eigenvalue weighted by Crippen LogP contribution is 2.42. The predicted molar refractivity (Wildman–Crippen MR) is 122 cm³/mol. The van der Waals surface area contributed by atoms with Crippen molar-refractivity contribution in [3.63, 3.8) is 0 Å². The molecule has 0 aliphatic rings. The number of benzene rings is 3. The van der Waals surface area contributed by atoms with E-state index in [1.165, 1.54) is 11.1 Å². The summed E-state index contributed by atoms with van der Waals surface area (Å²) in [5.41, 5.74) is 3.40. The van der Waals surface area contributed by atoms with Gasteiger partial charge in [-0.05, 0) is 30.7 Å². The minimum Gasteiger partial charge on any atom is -0.495 e. The fraction of sp³-hybridized carbons (Fsp3) is 0.125. The Morgan fingerprint density at radius 1 is 1.06 bits per heavy atom. The van der Waals surface area contributed by atoms with Gasteiger partial charge in [0.05, 0.1) is 22.5 Å². The van der Waals surface area contributed by atoms with Gasteiger partial charge in [0.15, 0.2) is 0 Å². The van der Waals surface area contributed by atoms with E-state index in [1.54, 1.807) is 36.5 Å². The van der Waals surface area contributed by atoms with Gasteiger partial charge in [-0.2, -0.15) is 0 Å². The number of ether oxygens (including phenoxy) is 1. The Hall–Kier alpha value is -3.09. The summed E-state index contributed by atoms with van der Waals surface area (Å²) < 4.78 is 33.8. The number of hydrogen-bond acceptors (Lipinski definition) is 4. The molecule has 0 atom stereocenters. The Labute approximate surface area is 185 Å². The van der Waals surface area contributed by atoms with Crippen LogP contribution in [0.1, 0.15) is 11.1 Å². The predicted octanol–water partition coefficient (Wildman–Crippen LogP) is 5.26. The number of aryl methyl sites for hydroxylation is 1. The number of carbonyl (C=O) groups is 1. The number of carbonyl (C=O) groups excluding carboxylic acids is 1. The zero-order valence-corrected chi connectivity index (χ0v) is 18.6. The van der Waals surface area contributed by atoms with Gasteiger partial charge in [-0.3, -0.25) is 0 Å². The van der Waals surface area contributed by atoms with Crippen molar-refractivity contribution < 1.29 is 17.9 Å². The van der Waals surface area contributed by atoms with Crippen molar-refractivity contribution >= 4 is 38.8 Å². The maximum Gasteiger partial charge on any atom is 0.268 e. The second-order valence-corrected chi connectivity index (χ2v) is 9.38. The smallest absolute Gasteiger partial charge is 0.268 e. The molecule has 0 aliphatic carbocycles. The third kappa shape index (κ3) is 3.62. The van der Waals surface area contributed by atoms with Crippen LogP contribution in [0.5, 0.6) is 5.75 Å². The normalized spacial score (nSPS) is 11.6. The second kappa shape index (κ2) is 8.21. The fourth-order valence-corrected chi connectivity index (χ4v) is 5.40. The molecule has 0 bridgehead atoms. The standard InChI is InChI=1S/C24H20ClNO4S/c1-16-8-10-18(11-9-16)31(28,29)26-15-20(17-6-4-3-5-7-17)23-19(12-13-27)24(30-2)21(25)14-22(23)26/h3-11,13-15H,12H2,1-2H3. The topological polar surface area (TPSA) is 65.4 Å². The minimum absolute atomic E-state index is 0.0364. The van der Waals surface area contributed by atoms with Crippen LogP contribution < -0.4 is 4.74 Å². The summed E-state index contributed by atoms with van der Waals surface area (Å²) in [5, 5.41) is 0.861. The van der Waals surface area contributed by atoms with E-state index >= 15 is 0 Å². The number of nitrogens with zero attached hydrogens (tertiary/aromatic N) is 1. The van der Waals surface area contributed by atoms with Gasteiger partial charge in [0.2, 0.25) is 0 Å². The molecule has 0 aliphatic heterocycles. The molecular weight excluding hydrogens is 434 g/mol. The first-order valence-corrected chi connectivity index (χ1v) is 11.4. The molecular formula is C24H20ClNO4S. The summed E-state index contributed by atoms with van der Waals surface area (Å²) in [6.45, 7) is 1.90.